The predicted molar refractivity (Wildman–Crippen MR) is 70.9 cm³/mol. The molecule has 1 aliphatic heterocycles. The fourth-order valence-corrected chi connectivity index (χ4v) is 2.32. The molecule has 5 nitrogen and oxygen atoms in total. The minimum absolute atomic E-state index is 0.0449. The molecule has 0 spiro atoms. The van der Waals surface area contributed by atoms with Gasteiger partial charge in [-0.05, 0) is 31.0 Å². The smallest absolute Gasteiger partial charge is 0.227 e. The standard InChI is InChI=1S/C14H16N2O3/c1-9-15-12-8-11(2-3-13(12)19-9)16-14(17)10-4-6-18-7-5-10/h2-3,8,10H,4-7H2,1H3,(H,16,17). The molecule has 0 saturated carbocycles. The van der Waals surface area contributed by atoms with Gasteiger partial charge in [0.2, 0.25) is 5.91 Å². The summed E-state index contributed by atoms with van der Waals surface area (Å²) in [7, 11) is 0. The van der Waals surface area contributed by atoms with Crippen LogP contribution in [-0.2, 0) is 9.53 Å². The molecule has 0 atom stereocenters. The number of ether oxygens (including phenoxy) is 1. The number of nitrogens with zero attached hydrogens (tertiary/aromatic N) is 1. The average molecular weight is 260 g/mol. The van der Waals surface area contributed by atoms with E-state index < -0.39 is 0 Å². The van der Waals surface area contributed by atoms with E-state index in [1.807, 2.05) is 18.2 Å². The van der Waals surface area contributed by atoms with Crippen LogP contribution < -0.4 is 5.32 Å². The molecule has 100 valence electrons. The van der Waals surface area contributed by atoms with Gasteiger partial charge in [0, 0.05) is 31.7 Å². The summed E-state index contributed by atoms with van der Waals surface area (Å²) in [6.07, 6.45) is 1.58. The van der Waals surface area contributed by atoms with E-state index in [9.17, 15) is 4.79 Å². The average Bonchev–Trinajstić information content (AvgIpc) is 2.79. The molecule has 1 aromatic carbocycles. The van der Waals surface area contributed by atoms with Crippen molar-refractivity contribution in [3.63, 3.8) is 0 Å². The first-order chi connectivity index (χ1) is 9.22. The van der Waals surface area contributed by atoms with Gasteiger partial charge in [0.05, 0.1) is 0 Å². The van der Waals surface area contributed by atoms with E-state index in [2.05, 4.69) is 10.3 Å². The number of nitrogens with one attached hydrogen (secondary N) is 1. The summed E-state index contributed by atoms with van der Waals surface area (Å²) in [5.41, 5.74) is 2.26. The second-order valence-electron chi connectivity index (χ2n) is 4.79. The Labute approximate surface area is 111 Å². The van der Waals surface area contributed by atoms with Crippen molar-refractivity contribution in [3.8, 4) is 0 Å². The molecule has 2 heterocycles. The topological polar surface area (TPSA) is 64.4 Å². The lowest BCUT2D eigenvalue weighted by atomic mass is 9.99. The molecule has 1 aliphatic rings. The van der Waals surface area contributed by atoms with Crippen LogP contribution in [0, 0.1) is 12.8 Å². The van der Waals surface area contributed by atoms with Gasteiger partial charge in [-0.2, -0.15) is 0 Å². The molecule has 1 fully saturated rings. The minimum atomic E-state index is 0.0449. The Hall–Kier alpha value is -1.88. The molecule has 0 aliphatic carbocycles. The third-order valence-electron chi connectivity index (χ3n) is 3.35. The van der Waals surface area contributed by atoms with Crippen molar-refractivity contribution in [1.29, 1.82) is 0 Å². The van der Waals surface area contributed by atoms with E-state index in [1.165, 1.54) is 0 Å². The Morgan fingerprint density at radius 3 is 2.95 bits per heavy atom. The molecule has 2 aromatic rings. The number of rotatable bonds is 2. The normalized spacial score (nSPS) is 16.7. The van der Waals surface area contributed by atoms with Gasteiger partial charge in [0.25, 0.3) is 0 Å². The van der Waals surface area contributed by atoms with Gasteiger partial charge in [-0.3, -0.25) is 4.79 Å². The largest absolute Gasteiger partial charge is 0.441 e. The molecule has 1 amide bonds. The molecule has 0 unspecified atom stereocenters. The van der Waals surface area contributed by atoms with Crippen molar-refractivity contribution in [2.75, 3.05) is 18.5 Å². The molecule has 1 saturated heterocycles. The molecular formula is C14H16N2O3. The highest BCUT2D eigenvalue weighted by atomic mass is 16.5. The van der Waals surface area contributed by atoms with Crippen LogP contribution in [-0.4, -0.2) is 24.1 Å². The Kier molecular flexibility index (Phi) is 3.21. The molecule has 0 radical (unpaired) electrons. The lowest BCUT2D eigenvalue weighted by molar-refractivity contribution is -0.122. The first kappa shape index (κ1) is 12.2. The molecule has 19 heavy (non-hydrogen) atoms. The molecule has 3 rings (SSSR count). The monoisotopic (exact) mass is 260 g/mol. The minimum Gasteiger partial charge on any atom is -0.441 e. The van der Waals surface area contributed by atoms with Crippen LogP contribution in [0.15, 0.2) is 22.6 Å². The predicted octanol–water partition coefficient (Wildman–Crippen LogP) is 2.50. The second kappa shape index (κ2) is 5.01. The van der Waals surface area contributed by atoms with Gasteiger partial charge in [0.15, 0.2) is 11.5 Å². The Morgan fingerprint density at radius 1 is 1.37 bits per heavy atom. The van der Waals surface area contributed by atoms with Crippen molar-refractivity contribution in [2.45, 2.75) is 19.8 Å². The Balaban J connectivity index is 1.74. The van der Waals surface area contributed by atoms with Gasteiger partial charge in [-0.1, -0.05) is 0 Å². The second-order valence-corrected chi connectivity index (χ2v) is 4.79. The van der Waals surface area contributed by atoms with Crippen LogP contribution >= 0.6 is 0 Å². The highest BCUT2D eigenvalue weighted by molar-refractivity contribution is 5.94. The summed E-state index contributed by atoms with van der Waals surface area (Å²) in [5.74, 6) is 0.731. The van der Waals surface area contributed by atoms with Crippen molar-refractivity contribution in [2.24, 2.45) is 5.92 Å². The van der Waals surface area contributed by atoms with Gasteiger partial charge in [-0.25, -0.2) is 4.98 Å². The van der Waals surface area contributed by atoms with Crippen LogP contribution in [0.3, 0.4) is 0 Å². The van der Waals surface area contributed by atoms with Gasteiger partial charge < -0.3 is 14.5 Å². The number of hydrogen-bond donors (Lipinski definition) is 1. The lowest BCUT2D eigenvalue weighted by Gasteiger charge is -2.21. The first-order valence-electron chi connectivity index (χ1n) is 6.48. The zero-order valence-electron chi connectivity index (χ0n) is 10.8. The molecule has 1 aromatic heterocycles. The van der Waals surface area contributed by atoms with E-state index in [0.717, 1.165) is 29.6 Å². The SMILES string of the molecule is Cc1nc2cc(NC(=O)C3CCOCC3)ccc2o1. The molecule has 0 bridgehead atoms. The zero-order valence-corrected chi connectivity index (χ0v) is 10.8. The van der Waals surface area contributed by atoms with Crippen molar-refractivity contribution >= 4 is 22.7 Å². The summed E-state index contributed by atoms with van der Waals surface area (Å²) >= 11 is 0. The molecular weight excluding hydrogens is 244 g/mol. The maximum Gasteiger partial charge on any atom is 0.227 e. The first-order valence-corrected chi connectivity index (χ1v) is 6.48. The number of oxazole rings is 1. The number of fused-ring (bicyclic) bond motifs is 1. The number of anilines is 1. The maximum atomic E-state index is 12.1. The highest BCUT2D eigenvalue weighted by Crippen LogP contribution is 2.22. The maximum absolute atomic E-state index is 12.1. The zero-order chi connectivity index (χ0) is 13.2. The number of amides is 1. The van der Waals surface area contributed by atoms with E-state index in [1.54, 1.807) is 6.92 Å². The number of aromatic nitrogens is 1. The lowest BCUT2D eigenvalue weighted by Crippen LogP contribution is -2.28. The summed E-state index contributed by atoms with van der Waals surface area (Å²) in [5, 5.41) is 2.94. The quantitative estimate of drug-likeness (QED) is 0.901. The Bertz CT molecular complexity index is 600. The van der Waals surface area contributed by atoms with Gasteiger partial charge in [0.1, 0.15) is 5.52 Å². The van der Waals surface area contributed by atoms with Gasteiger partial charge in [-0.15, -0.1) is 0 Å². The third-order valence-corrected chi connectivity index (χ3v) is 3.35. The van der Waals surface area contributed by atoms with Gasteiger partial charge >= 0.3 is 0 Å². The number of benzene rings is 1. The van der Waals surface area contributed by atoms with E-state index in [-0.39, 0.29) is 11.8 Å². The fourth-order valence-electron chi connectivity index (χ4n) is 2.32. The number of aryl methyl sites for hydroxylation is 1. The summed E-state index contributed by atoms with van der Waals surface area (Å²) in [6, 6.07) is 5.50. The molecule has 1 N–H and O–H groups in total. The van der Waals surface area contributed by atoms with Crippen molar-refractivity contribution in [1.82, 2.24) is 4.98 Å². The van der Waals surface area contributed by atoms with E-state index >= 15 is 0 Å². The fraction of sp³-hybridized carbons (Fsp3) is 0.429. The van der Waals surface area contributed by atoms with Crippen LogP contribution in [0.2, 0.25) is 0 Å². The highest BCUT2D eigenvalue weighted by Gasteiger charge is 2.21. The van der Waals surface area contributed by atoms with Crippen molar-refractivity contribution in [3.05, 3.63) is 24.1 Å². The van der Waals surface area contributed by atoms with E-state index in [0.29, 0.717) is 19.1 Å². The van der Waals surface area contributed by atoms with E-state index in [4.69, 9.17) is 9.15 Å². The number of carbonyl (C=O) groups is 1. The van der Waals surface area contributed by atoms with Crippen LogP contribution in [0.5, 0.6) is 0 Å². The summed E-state index contributed by atoms with van der Waals surface area (Å²) < 4.78 is 10.7. The number of carbonyl (C=O) groups excluding carboxylic acids is 1. The Morgan fingerprint density at radius 2 is 2.16 bits per heavy atom. The number of hydrogen-bond acceptors (Lipinski definition) is 4. The van der Waals surface area contributed by atoms with Crippen LogP contribution in [0.4, 0.5) is 5.69 Å². The summed E-state index contributed by atoms with van der Waals surface area (Å²) in [6.45, 7) is 3.14. The molecule has 5 heteroatoms. The summed E-state index contributed by atoms with van der Waals surface area (Å²) in [4.78, 5) is 16.4. The van der Waals surface area contributed by atoms with Crippen molar-refractivity contribution < 1.29 is 13.9 Å². The van der Waals surface area contributed by atoms with Crippen LogP contribution in [0.25, 0.3) is 11.1 Å². The van der Waals surface area contributed by atoms with Crippen LogP contribution in [0.1, 0.15) is 18.7 Å². The third kappa shape index (κ3) is 2.61.